The molecule has 1 aromatic rings. The minimum atomic E-state index is -0.950. The van der Waals surface area contributed by atoms with Crippen LogP contribution in [0.4, 0.5) is 4.39 Å². The summed E-state index contributed by atoms with van der Waals surface area (Å²) in [6.07, 6.45) is 5.33. The van der Waals surface area contributed by atoms with E-state index in [1.54, 1.807) is 7.11 Å². The molecular formula is C17H25FO. The van der Waals surface area contributed by atoms with Crippen LogP contribution in [0.15, 0.2) is 30.8 Å². The van der Waals surface area contributed by atoms with Gasteiger partial charge in [-0.15, -0.1) is 0 Å². The van der Waals surface area contributed by atoms with Crippen LogP contribution in [0.1, 0.15) is 51.0 Å². The molecule has 2 heteroatoms. The summed E-state index contributed by atoms with van der Waals surface area (Å²) in [5.74, 6) is 0.744. The summed E-state index contributed by atoms with van der Waals surface area (Å²) >= 11 is 0. The van der Waals surface area contributed by atoms with Gasteiger partial charge in [0.25, 0.3) is 0 Å². The molecule has 1 unspecified atom stereocenters. The Morgan fingerprint density at radius 2 is 2.00 bits per heavy atom. The average Bonchev–Trinajstić information content (AvgIpc) is 2.46. The standard InChI is InChI=1S/C17H25FO/c1-4-5-6-7-8-12-17(18)14(2)15-10-9-11-16(13-15)19-3/h9-11,13,17H,2,4-8,12H2,1,3H3. The zero-order valence-electron chi connectivity index (χ0n) is 12.1. The predicted molar refractivity (Wildman–Crippen MR) is 80.3 cm³/mol. The summed E-state index contributed by atoms with van der Waals surface area (Å²) < 4.78 is 19.2. The number of allylic oxidation sites excluding steroid dienone is 1. The molecule has 0 fully saturated rings. The third-order valence-electron chi connectivity index (χ3n) is 3.38. The van der Waals surface area contributed by atoms with Crippen LogP contribution >= 0.6 is 0 Å². The number of rotatable bonds is 9. The molecule has 0 N–H and O–H groups in total. The summed E-state index contributed by atoms with van der Waals surface area (Å²) in [4.78, 5) is 0. The zero-order valence-corrected chi connectivity index (χ0v) is 12.1. The Kier molecular flexibility index (Phi) is 7.24. The van der Waals surface area contributed by atoms with Gasteiger partial charge in [-0.3, -0.25) is 0 Å². The van der Waals surface area contributed by atoms with Gasteiger partial charge in [-0.05, 0) is 29.7 Å². The minimum Gasteiger partial charge on any atom is -0.497 e. The number of methoxy groups -OCH3 is 1. The highest BCUT2D eigenvalue weighted by molar-refractivity contribution is 5.67. The SMILES string of the molecule is C=C(c1cccc(OC)c1)C(F)CCCCCCC. The van der Waals surface area contributed by atoms with Gasteiger partial charge in [0.05, 0.1) is 7.11 Å². The third kappa shape index (κ3) is 5.46. The largest absolute Gasteiger partial charge is 0.497 e. The second-order valence-electron chi connectivity index (χ2n) is 4.93. The minimum absolute atomic E-state index is 0.564. The summed E-state index contributed by atoms with van der Waals surface area (Å²) in [7, 11) is 1.61. The molecule has 0 amide bonds. The molecule has 1 nitrogen and oxygen atoms in total. The second-order valence-corrected chi connectivity index (χ2v) is 4.93. The van der Waals surface area contributed by atoms with Crippen molar-refractivity contribution in [1.82, 2.24) is 0 Å². The zero-order chi connectivity index (χ0) is 14.1. The lowest BCUT2D eigenvalue weighted by molar-refractivity contribution is 0.375. The Bertz CT molecular complexity index is 387. The van der Waals surface area contributed by atoms with Gasteiger partial charge in [0.1, 0.15) is 11.9 Å². The molecule has 1 rings (SSSR count). The first-order chi connectivity index (χ1) is 9.19. The van der Waals surface area contributed by atoms with Crippen molar-refractivity contribution in [3.8, 4) is 5.75 Å². The van der Waals surface area contributed by atoms with Crippen LogP contribution in [-0.2, 0) is 0 Å². The van der Waals surface area contributed by atoms with Crippen molar-refractivity contribution in [3.05, 3.63) is 36.4 Å². The maximum Gasteiger partial charge on any atom is 0.125 e. The Balaban J connectivity index is 2.42. The van der Waals surface area contributed by atoms with Crippen molar-refractivity contribution in [2.45, 2.75) is 51.6 Å². The van der Waals surface area contributed by atoms with Gasteiger partial charge < -0.3 is 4.74 Å². The molecule has 0 aliphatic heterocycles. The maximum absolute atomic E-state index is 14.1. The van der Waals surface area contributed by atoms with Crippen molar-refractivity contribution < 1.29 is 9.13 Å². The number of hydrogen-bond acceptors (Lipinski definition) is 1. The number of ether oxygens (including phenoxy) is 1. The fraction of sp³-hybridized carbons (Fsp3) is 0.529. The molecule has 1 atom stereocenters. The second kappa shape index (κ2) is 8.73. The first-order valence-electron chi connectivity index (χ1n) is 7.16. The van der Waals surface area contributed by atoms with Gasteiger partial charge in [0.2, 0.25) is 0 Å². The van der Waals surface area contributed by atoms with Crippen molar-refractivity contribution >= 4 is 5.57 Å². The predicted octanol–water partition coefficient (Wildman–Crippen LogP) is 5.41. The van der Waals surface area contributed by atoms with Crippen molar-refractivity contribution in [3.63, 3.8) is 0 Å². The summed E-state index contributed by atoms with van der Waals surface area (Å²) in [5, 5.41) is 0. The van der Waals surface area contributed by atoms with Gasteiger partial charge in [-0.2, -0.15) is 0 Å². The van der Waals surface area contributed by atoms with Crippen molar-refractivity contribution in [2.75, 3.05) is 7.11 Å². The van der Waals surface area contributed by atoms with Crippen LogP contribution in [0.2, 0.25) is 0 Å². The molecule has 1 aromatic carbocycles. The Hall–Kier alpha value is -1.31. The molecule has 0 heterocycles. The highest BCUT2D eigenvalue weighted by Gasteiger charge is 2.13. The van der Waals surface area contributed by atoms with Gasteiger partial charge in [-0.25, -0.2) is 4.39 Å². The van der Waals surface area contributed by atoms with E-state index < -0.39 is 6.17 Å². The van der Waals surface area contributed by atoms with E-state index in [2.05, 4.69) is 13.5 Å². The molecule has 106 valence electrons. The highest BCUT2D eigenvalue weighted by Crippen LogP contribution is 2.26. The van der Waals surface area contributed by atoms with Crippen LogP contribution in [0.5, 0.6) is 5.75 Å². The Labute approximate surface area is 116 Å². The van der Waals surface area contributed by atoms with Crippen LogP contribution < -0.4 is 4.74 Å². The number of alkyl halides is 1. The lowest BCUT2D eigenvalue weighted by Gasteiger charge is -2.12. The summed E-state index contributed by atoms with van der Waals surface area (Å²) in [5.41, 5.74) is 1.40. The van der Waals surface area contributed by atoms with Gasteiger partial charge in [-0.1, -0.05) is 57.7 Å². The molecule has 19 heavy (non-hydrogen) atoms. The topological polar surface area (TPSA) is 9.23 Å². The van der Waals surface area contributed by atoms with E-state index in [9.17, 15) is 4.39 Å². The van der Waals surface area contributed by atoms with E-state index in [1.165, 1.54) is 19.3 Å². The van der Waals surface area contributed by atoms with E-state index in [1.807, 2.05) is 24.3 Å². The molecular weight excluding hydrogens is 239 g/mol. The highest BCUT2D eigenvalue weighted by atomic mass is 19.1. The molecule has 0 aliphatic rings. The van der Waals surface area contributed by atoms with Crippen LogP contribution in [0.25, 0.3) is 5.57 Å². The Morgan fingerprint density at radius 1 is 1.26 bits per heavy atom. The van der Waals surface area contributed by atoms with Crippen molar-refractivity contribution in [1.29, 1.82) is 0 Å². The smallest absolute Gasteiger partial charge is 0.125 e. The quantitative estimate of drug-likeness (QED) is 0.542. The Morgan fingerprint density at radius 3 is 2.68 bits per heavy atom. The fourth-order valence-electron chi connectivity index (χ4n) is 2.10. The van der Waals surface area contributed by atoms with E-state index in [0.29, 0.717) is 12.0 Å². The molecule has 0 saturated carbocycles. The molecule has 0 bridgehead atoms. The van der Waals surface area contributed by atoms with E-state index in [0.717, 1.165) is 24.2 Å². The molecule has 0 saturated heterocycles. The summed E-state index contributed by atoms with van der Waals surface area (Å²) in [6.45, 7) is 6.07. The van der Waals surface area contributed by atoms with Gasteiger partial charge in [0.15, 0.2) is 0 Å². The van der Waals surface area contributed by atoms with Gasteiger partial charge >= 0.3 is 0 Å². The molecule has 0 aliphatic carbocycles. The van der Waals surface area contributed by atoms with E-state index in [-0.39, 0.29) is 0 Å². The van der Waals surface area contributed by atoms with Crippen molar-refractivity contribution in [2.24, 2.45) is 0 Å². The van der Waals surface area contributed by atoms with Crippen LogP contribution in [0.3, 0.4) is 0 Å². The number of unbranched alkanes of at least 4 members (excludes halogenated alkanes) is 4. The fourth-order valence-corrected chi connectivity index (χ4v) is 2.10. The molecule has 0 spiro atoms. The average molecular weight is 264 g/mol. The van der Waals surface area contributed by atoms with Crippen LogP contribution in [-0.4, -0.2) is 13.3 Å². The normalized spacial score (nSPS) is 12.2. The lowest BCUT2D eigenvalue weighted by atomic mass is 9.98. The van der Waals surface area contributed by atoms with Crippen LogP contribution in [0, 0.1) is 0 Å². The first-order valence-corrected chi connectivity index (χ1v) is 7.16. The monoisotopic (exact) mass is 264 g/mol. The maximum atomic E-state index is 14.1. The number of halogens is 1. The van der Waals surface area contributed by atoms with E-state index in [4.69, 9.17) is 4.74 Å². The third-order valence-corrected chi connectivity index (χ3v) is 3.38. The van der Waals surface area contributed by atoms with Gasteiger partial charge in [0, 0.05) is 0 Å². The lowest BCUT2D eigenvalue weighted by Crippen LogP contribution is -2.03. The first kappa shape index (κ1) is 15.7. The van der Waals surface area contributed by atoms with E-state index >= 15 is 0 Å². The number of hydrogen-bond donors (Lipinski definition) is 0. The molecule has 0 radical (unpaired) electrons. The number of benzene rings is 1. The summed E-state index contributed by atoms with van der Waals surface area (Å²) in [6, 6.07) is 7.45. The molecule has 0 aromatic heterocycles.